The molecule has 3 nitrogen and oxygen atoms in total. The zero-order valence-corrected chi connectivity index (χ0v) is 9.36. The summed E-state index contributed by atoms with van der Waals surface area (Å²) in [5, 5.41) is 0. The molecule has 0 amide bonds. The molecule has 78 valence electrons. The van der Waals surface area contributed by atoms with Crippen molar-refractivity contribution in [1.29, 1.82) is 0 Å². The molecule has 14 heavy (non-hydrogen) atoms. The molecule has 0 bridgehead atoms. The molecular formula is C11H19N3. The van der Waals surface area contributed by atoms with Gasteiger partial charge in [0.25, 0.3) is 0 Å². The third kappa shape index (κ3) is 2.45. The number of pyridine rings is 1. The minimum atomic E-state index is 0.00778. The second kappa shape index (κ2) is 4.42. The van der Waals surface area contributed by atoms with E-state index in [4.69, 9.17) is 5.73 Å². The average molecular weight is 193 g/mol. The zero-order valence-electron chi connectivity index (χ0n) is 9.36. The van der Waals surface area contributed by atoms with Crippen LogP contribution in [0.1, 0.15) is 32.5 Å². The predicted octanol–water partition coefficient (Wildman–Crippen LogP) is 1.95. The van der Waals surface area contributed by atoms with Crippen LogP contribution in [0, 0.1) is 0 Å². The highest BCUT2D eigenvalue weighted by molar-refractivity contribution is 5.44. The molecule has 1 aromatic heterocycles. The van der Waals surface area contributed by atoms with Gasteiger partial charge in [-0.15, -0.1) is 0 Å². The van der Waals surface area contributed by atoms with Gasteiger partial charge in [-0.05, 0) is 32.9 Å². The van der Waals surface area contributed by atoms with E-state index in [2.05, 4.69) is 36.8 Å². The Balaban J connectivity index is 2.83. The summed E-state index contributed by atoms with van der Waals surface area (Å²) in [6, 6.07) is 4.54. The van der Waals surface area contributed by atoms with Crippen molar-refractivity contribution in [3.8, 4) is 0 Å². The van der Waals surface area contributed by atoms with Gasteiger partial charge in [-0.2, -0.15) is 0 Å². The molecule has 3 heteroatoms. The Bertz CT molecular complexity index is 277. The Morgan fingerprint density at radius 1 is 1.29 bits per heavy atom. The number of nitrogens with two attached hydrogens (primary N) is 1. The first-order valence-corrected chi connectivity index (χ1v) is 4.96. The minimum Gasteiger partial charge on any atom is -0.371 e. The van der Waals surface area contributed by atoms with Gasteiger partial charge in [0.15, 0.2) is 0 Å². The van der Waals surface area contributed by atoms with E-state index in [1.54, 1.807) is 0 Å². The summed E-state index contributed by atoms with van der Waals surface area (Å²) in [5.41, 5.74) is 7.79. The van der Waals surface area contributed by atoms with Gasteiger partial charge in [-0.1, -0.05) is 0 Å². The van der Waals surface area contributed by atoms with Crippen LogP contribution in [0.5, 0.6) is 0 Å². The molecule has 2 N–H and O–H groups in total. The van der Waals surface area contributed by atoms with Crippen LogP contribution in [0.4, 0.5) is 5.69 Å². The van der Waals surface area contributed by atoms with Crippen molar-refractivity contribution in [2.24, 2.45) is 5.73 Å². The summed E-state index contributed by atoms with van der Waals surface area (Å²) in [6.45, 7) is 6.24. The maximum absolute atomic E-state index is 5.72. The second-order valence-electron chi connectivity index (χ2n) is 3.93. The average Bonchev–Trinajstić information content (AvgIpc) is 2.16. The van der Waals surface area contributed by atoms with Crippen LogP contribution in [0.2, 0.25) is 0 Å². The number of rotatable bonds is 3. The van der Waals surface area contributed by atoms with E-state index < -0.39 is 0 Å². The third-order valence-corrected chi connectivity index (χ3v) is 2.42. The molecule has 1 rings (SSSR count). The first-order chi connectivity index (χ1) is 6.52. The molecule has 1 atom stereocenters. The molecule has 0 aliphatic rings. The number of nitrogens with zero attached hydrogens (tertiary/aromatic N) is 2. The second-order valence-corrected chi connectivity index (χ2v) is 3.93. The molecule has 0 aliphatic carbocycles. The van der Waals surface area contributed by atoms with Crippen molar-refractivity contribution in [2.75, 3.05) is 11.9 Å². The van der Waals surface area contributed by atoms with Crippen molar-refractivity contribution in [3.05, 3.63) is 24.0 Å². The molecule has 0 saturated heterocycles. The van der Waals surface area contributed by atoms with Crippen molar-refractivity contribution < 1.29 is 0 Å². The highest BCUT2D eigenvalue weighted by atomic mass is 15.1. The van der Waals surface area contributed by atoms with E-state index >= 15 is 0 Å². The molecule has 1 aromatic rings. The van der Waals surface area contributed by atoms with Crippen LogP contribution >= 0.6 is 0 Å². The molecule has 0 radical (unpaired) electrons. The van der Waals surface area contributed by atoms with E-state index in [-0.39, 0.29) is 6.04 Å². The first-order valence-electron chi connectivity index (χ1n) is 4.96. The van der Waals surface area contributed by atoms with Crippen LogP contribution in [0.3, 0.4) is 0 Å². The van der Waals surface area contributed by atoms with Gasteiger partial charge in [-0.25, -0.2) is 0 Å². The van der Waals surface area contributed by atoms with Gasteiger partial charge in [0, 0.05) is 19.1 Å². The molecule has 0 aliphatic heterocycles. The Labute approximate surface area is 85.9 Å². The Morgan fingerprint density at radius 2 is 1.93 bits per heavy atom. The largest absolute Gasteiger partial charge is 0.371 e. The molecule has 0 fully saturated rings. The lowest BCUT2D eigenvalue weighted by molar-refractivity contribution is 0.745. The first kappa shape index (κ1) is 11.0. The van der Waals surface area contributed by atoms with Gasteiger partial charge in [0.2, 0.25) is 0 Å². The van der Waals surface area contributed by atoms with Crippen LogP contribution < -0.4 is 10.6 Å². The van der Waals surface area contributed by atoms with E-state index in [9.17, 15) is 0 Å². The van der Waals surface area contributed by atoms with Gasteiger partial charge >= 0.3 is 0 Å². The van der Waals surface area contributed by atoms with E-state index in [1.807, 2.05) is 19.2 Å². The fourth-order valence-electron chi connectivity index (χ4n) is 1.17. The van der Waals surface area contributed by atoms with Crippen LogP contribution in [-0.2, 0) is 0 Å². The molecular weight excluding hydrogens is 174 g/mol. The summed E-state index contributed by atoms with van der Waals surface area (Å²) < 4.78 is 0. The Kier molecular flexibility index (Phi) is 3.47. The van der Waals surface area contributed by atoms with E-state index in [0.717, 1.165) is 11.4 Å². The van der Waals surface area contributed by atoms with Gasteiger partial charge in [0.1, 0.15) is 0 Å². The summed E-state index contributed by atoms with van der Waals surface area (Å²) in [4.78, 5) is 6.49. The van der Waals surface area contributed by atoms with Gasteiger partial charge in [0.05, 0.1) is 17.6 Å². The number of aromatic nitrogens is 1. The van der Waals surface area contributed by atoms with Crippen molar-refractivity contribution in [3.63, 3.8) is 0 Å². The van der Waals surface area contributed by atoms with Crippen molar-refractivity contribution >= 4 is 5.69 Å². The lowest BCUT2D eigenvalue weighted by Crippen LogP contribution is -2.25. The standard InChI is InChI=1S/C11H19N3/c1-8(2)14(4)10-5-6-11(9(3)12)13-7-10/h5-9H,12H2,1-4H3. The number of hydrogen-bond donors (Lipinski definition) is 1. The topological polar surface area (TPSA) is 42.1 Å². The highest BCUT2D eigenvalue weighted by Crippen LogP contribution is 2.15. The molecule has 1 heterocycles. The van der Waals surface area contributed by atoms with Crippen LogP contribution in [-0.4, -0.2) is 18.1 Å². The lowest BCUT2D eigenvalue weighted by Gasteiger charge is -2.23. The maximum atomic E-state index is 5.72. The van der Waals surface area contributed by atoms with Gasteiger partial charge in [-0.3, -0.25) is 4.98 Å². The fraction of sp³-hybridized carbons (Fsp3) is 0.545. The SMILES string of the molecule is CC(N)c1ccc(N(C)C(C)C)cn1. The predicted molar refractivity (Wildman–Crippen MR) is 60.4 cm³/mol. The molecule has 1 unspecified atom stereocenters. The maximum Gasteiger partial charge on any atom is 0.0569 e. The van der Waals surface area contributed by atoms with Crippen molar-refractivity contribution in [1.82, 2.24) is 4.98 Å². The summed E-state index contributed by atoms with van der Waals surface area (Å²) in [6.07, 6.45) is 1.87. The number of hydrogen-bond acceptors (Lipinski definition) is 3. The quantitative estimate of drug-likeness (QED) is 0.797. The Hall–Kier alpha value is -1.09. The summed E-state index contributed by atoms with van der Waals surface area (Å²) in [5.74, 6) is 0. The van der Waals surface area contributed by atoms with E-state index in [0.29, 0.717) is 6.04 Å². The summed E-state index contributed by atoms with van der Waals surface area (Å²) in [7, 11) is 2.06. The third-order valence-electron chi connectivity index (χ3n) is 2.42. The van der Waals surface area contributed by atoms with Gasteiger partial charge < -0.3 is 10.6 Å². The normalized spacial score (nSPS) is 13.0. The van der Waals surface area contributed by atoms with Crippen LogP contribution in [0.15, 0.2) is 18.3 Å². The van der Waals surface area contributed by atoms with Crippen molar-refractivity contribution in [2.45, 2.75) is 32.9 Å². The lowest BCUT2D eigenvalue weighted by atomic mass is 10.2. The molecule has 0 spiro atoms. The van der Waals surface area contributed by atoms with Crippen LogP contribution in [0.25, 0.3) is 0 Å². The minimum absolute atomic E-state index is 0.00778. The monoisotopic (exact) mass is 193 g/mol. The Morgan fingerprint density at radius 3 is 2.29 bits per heavy atom. The highest BCUT2D eigenvalue weighted by Gasteiger charge is 2.06. The van der Waals surface area contributed by atoms with E-state index in [1.165, 1.54) is 0 Å². The summed E-state index contributed by atoms with van der Waals surface area (Å²) >= 11 is 0. The smallest absolute Gasteiger partial charge is 0.0569 e. The fourth-order valence-corrected chi connectivity index (χ4v) is 1.17. The molecule has 0 saturated carbocycles. The molecule has 0 aromatic carbocycles. The zero-order chi connectivity index (χ0) is 10.7. The number of anilines is 1.